The van der Waals surface area contributed by atoms with Gasteiger partial charge in [-0.25, -0.2) is 5.43 Å². The summed E-state index contributed by atoms with van der Waals surface area (Å²) in [5.41, 5.74) is 2.41. The van der Waals surface area contributed by atoms with Gasteiger partial charge in [0.05, 0.1) is 6.54 Å². The van der Waals surface area contributed by atoms with Gasteiger partial charge in [-0.15, -0.1) is 0 Å². The van der Waals surface area contributed by atoms with Crippen LogP contribution in [0.25, 0.3) is 0 Å². The average molecular weight is 155 g/mol. The summed E-state index contributed by atoms with van der Waals surface area (Å²) in [7, 11) is 0. The lowest BCUT2D eigenvalue weighted by molar-refractivity contribution is -0.120. The van der Waals surface area contributed by atoms with E-state index in [9.17, 15) is 4.79 Å². The summed E-state index contributed by atoms with van der Waals surface area (Å²) in [6.45, 7) is 6.44. The van der Waals surface area contributed by atoms with Crippen molar-refractivity contribution in [1.82, 2.24) is 10.7 Å². The molecule has 2 N–H and O–H groups in total. The number of nitrogens with one attached hydrogen (secondary N) is 2. The lowest BCUT2D eigenvalue weighted by atomic mass is 9.95. The van der Waals surface area contributed by atoms with Crippen LogP contribution in [-0.2, 0) is 4.79 Å². The molecule has 0 saturated carbocycles. The second kappa shape index (κ2) is 2.53. The van der Waals surface area contributed by atoms with Crippen LogP contribution in [0.15, 0.2) is 5.10 Å². The van der Waals surface area contributed by atoms with E-state index in [0.29, 0.717) is 6.54 Å². The number of amides is 1. The molecular weight excluding hydrogens is 142 g/mol. The summed E-state index contributed by atoms with van der Waals surface area (Å²) < 4.78 is 0. The molecule has 0 atom stereocenters. The Kier molecular flexibility index (Phi) is 1.85. The maximum atomic E-state index is 10.7. The smallest absolute Gasteiger partial charge is 0.259 e. The molecule has 4 heteroatoms. The first-order valence-electron chi connectivity index (χ1n) is 3.61. The predicted octanol–water partition coefficient (Wildman–Crippen LogP) is 0.0654. The third-order valence-electron chi connectivity index (χ3n) is 1.42. The van der Waals surface area contributed by atoms with Crippen molar-refractivity contribution >= 4 is 11.7 Å². The Morgan fingerprint density at radius 3 is 2.45 bits per heavy atom. The summed E-state index contributed by atoms with van der Waals surface area (Å²) in [6.07, 6.45) is 0. The molecule has 0 radical (unpaired) electrons. The van der Waals surface area contributed by atoms with E-state index in [1.54, 1.807) is 0 Å². The Morgan fingerprint density at radius 1 is 1.45 bits per heavy atom. The number of nitrogens with zero attached hydrogens (tertiary/aromatic N) is 1. The fourth-order valence-corrected chi connectivity index (χ4v) is 0.794. The van der Waals surface area contributed by atoms with Gasteiger partial charge in [0.25, 0.3) is 5.91 Å². The maximum Gasteiger partial charge on any atom is 0.259 e. The van der Waals surface area contributed by atoms with E-state index in [1.165, 1.54) is 0 Å². The fraction of sp³-hybridized carbons (Fsp3) is 0.714. The lowest BCUT2D eigenvalue weighted by Crippen LogP contribution is -2.46. The molecule has 0 aromatic carbocycles. The van der Waals surface area contributed by atoms with Crippen molar-refractivity contribution in [3.8, 4) is 0 Å². The van der Waals surface area contributed by atoms with Crippen LogP contribution in [0.2, 0.25) is 0 Å². The minimum Gasteiger partial charge on any atom is -0.362 e. The quantitative estimate of drug-likeness (QED) is 0.520. The Bertz CT molecular complexity index is 202. The van der Waals surface area contributed by atoms with Gasteiger partial charge in [0, 0.05) is 5.41 Å². The van der Waals surface area contributed by atoms with Gasteiger partial charge in [0.15, 0.2) is 0 Å². The number of hydrazone groups is 1. The summed E-state index contributed by atoms with van der Waals surface area (Å²) in [5, 5.41) is 6.83. The number of hydrogen-bond acceptors (Lipinski definition) is 3. The van der Waals surface area contributed by atoms with E-state index >= 15 is 0 Å². The largest absolute Gasteiger partial charge is 0.362 e. The van der Waals surface area contributed by atoms with Gasteiger partial charge in [0.2, 0.25) is 0 Å². The summed E-state index contributed by atoms with van der Waals surface area (Å²) in [5.74, 6) is 0.745. The van der Waals surface area contributed by atoms with Gasteiger partial charge in [-0.2, -0.15) is 5.10 Å². The molecule has 62 valence electrons. The van der Waals surface area contributed by atoms with E-state index < -0.39 is 0 Å². The number of rotatable bonds is 0. The zero-order chi connectivity index (χ0) is 8.48. The molecule has 1 heterocycles. The van der Waals surface area contributed by atoms with Crippen molar-refractivity contribution in [2.45, 2.75) is 20.8 Å². The highest BCUT2D eigenvalue weighted by Crippen LogP contribution is 2.14. The maximum absolute atomic E-state index is 10.7. The van der Waals surface area contributed by atoms with Crippen molar-refractivity contribution in [3.05, 3.63) is 0 Å². The van der Waals surface area contributed by atoms with Gasteiger partial charge in [-0.3, -0.25) is 4.79 Å². The van der Waals surface area contributed by atoms with Crippen molar-refractivity contribution in [2.24, 2.45) is 10.5 Å². The minimum absolute atomic E-state index is 0.0201. The van der Waals surface area contributed by atoms with Crippen molar-refractivity contribution < 1.29 is 4.79 Å². The molecule has 0 spiro atoms. The predicted molar refractivity (Wildman–Crippen MR) is 43.0 cm³/mol. The molecule has 0 aromatic rings. The first-order valence-corrected chi connectivity index (χ1v) is 3.61. The molecule has 1 aliphatic rings. The molecule has 11 heavy (non-hydrogen) atoms. The first-order chi connectivity index (χ1) is 5.00. The Morgan fingerprint density at radius 2 is 2.09 bits per heavy atom. The molecule has 4 nitrogen and oxygen atoms in total. The molecule has 0 fully saturated rings. The standard InChI is InChI=1S/C7H13N3O/c1-7(2,3)6-8-4-5(11)9-10-6/h4H2,1-3H3,(H,8,10)(H,9,11). The van der Waals surface area contributed by atoms with Crippen molar-refractivity contribution in [3.63, 3.8) is 0 Å². The summed E-state index contributed by atoms with van der Waals surface area (Å²) in [4.78, 5) is 10.7. The summed E-state index contributed by atoms with van der Waals surface area (Å²) >= 11 is 0. The summed E-state index contributed by atoms with van der Waals surface area (Å²) in [6, 6.07) is 0. The monoisotopic (exact) mass is 155 g/mol. The van der Waals surface area contributed by atoms with Crippen LogP contribution in [0.1, 0.15) is 20.8 Å². The first kappa shape index (κ1) is 8.04. The molecule has 1 amide bonds. The van der Waals surface area contributed by atoms with Crippen molar-refractivity contribution in [1.29, 1.82) is 0 Å². The fourth-order valence-electron chi connectivity index (χ4n) is 0.794. The zero-order valence-electron chi connectivity index (χ0n) is 7.06. The molecular formula is C7H13N3O. The van der Waals surface area contributed by atoms with Crippen LogP contribution in [0.4, 0.5) is 0 Å². The highest BCUT2D eigenvalue weighted by molar-refractivity contribution is 5.94. The average Bonchev–Trinajstić information content (AvgIpc) is 1.86. The van der Waals surface area contributed by atoms with Gasteiger partial charge in [-0.05, 0) is 0 Å². The second-order valence-corrected chi connectivity index (χ2v) is 3.60. The molecule has 0 aliphatic carbocycles. The van der Waals surface area contributed by atoms with E-state index in [1.807, 2.05) is 20.8 Å². The number of carbonyl (C=O) groups is 1. The van der Waals surface area contributed by atoms with Crippen LogP contribution < -0.4 is 10.7 Å². The zero-order valence-corrected chi connectivity index (χ0v) is 7.06. The van der Waals surface area contributed by atoms with Crippen molar-refractivity contribution in [2.75, 3.05) is 6.54 Å². The number of amidine groups is 1. The minimum atomic E-state index is -0.0852. The Balaban J connectivity index is 2.69. The number of hydrogen-bond donors (Lipinski definition) is 2. The molecule has 0 bridgehead atoms. The Hall–Kier alpha value is -1.06. The third kappa shape index (κ3) is 1.93. The second-order valence-electron chi connectivity index (χ2n) is 3.60. The van der Waals surface area contributed by atoms with Crippen LogP contribution >= 0.6 is 0 Å². The molecule has 1 rings (SSSR count). The topological polar surface area (TPSA) is 53.5 Å². The molecule has 0 saturated heterocycles. The third-order valence-corrected chi connectivity index (χ3v) is 1.42. The van der Waals surface area contributed by atoms with E-state index in [0.717, 1.165) is 5.84 Å². The van der Waals surface area contributed by atoms with Crippen LogP contribution in [0.3, 0.4) is 0 Å². The highest BCUT2D eigenvalue weighted by Gasteiger charge is 2.22. The van der Waals surface area contributed by atoms with Gasteiger partial charge < -0.3 is 5.32 Å². The van der Waals surface area contributed by atoms with Crippen LogP contribution in [0.5, 0.6) is 0 Å². The van der Waals surface area contributed by atoms with Crippen LogP contribution in [-0.4, -0.2) is 18.3 Å². The van der Waals surface area contributed by atoms with E-state index in [2.05, 4.69) is 15.8 Å². The van der Waals surface area contributed by atoms with E-state index in [4.69, 9.17) is 0 Å². The normalized spacial score (nSPS) is 18.5. The molecule has 0 aromatic heterocycles. The number of carbonyl (C=O) groups excluding carboxylic acids is 1. The molecule has 1 aliphatic heterocycles. The lowest BCUT2D eigenvalue weighted by Gasteiger charge is -2.24. The highest BCUT2D eigenvalue weighted by atomic mass is 16.2. The van der Waals surface area contributed by atoms with E-state index in [-0.39, 0.29) is 11.3 Å². The Labute approximate surface area is 66.0 Å². The van der Waals surface area contributed by atoms with Gasteiger partial charge in [-0.1, -0.05) is 20.8 Å². The SMILES string of the molecule is CC(C)(C)C1=NNC(=O)CN1. The van der Waals surface area contributed by atoms with Crippen LogP contribution in [0, 0.1) is 5.41 Å². The van der Waals surface area contributed by atoms with Gasteiger partial charge >= 0.3 is 0 Å². The molecule has 0 unspecified atom stereocenters. The van der Waals surface area contributed by atoms with Gasteiger partial charge in [0.1, 0.15) is 5.84 Å².